The van der Waals surface area contributed by atoms with Gasteiger partial charge in [0, 0.05) is 29.2 Å². The molecule has 3 aromatic rings. The van der Waals surface area contributed by atoms with Gasteiger partial charge in [-0.1, -0.05) is 18.2 Å². The number of para-hydroxylation sites is 1. The van der Waals surface area contributed by atoms with E-state index in [1.807, 2.05) is 6.07 Å². The van der Waals surface area contributed by atoms with Gasteiger partial charge in [0.05, 0.1) is 27.9 Å². The Morgan fingerprint density at radius 3 is 2.55 bits per heavy atom. The van der Waals surface area contributed by atoms with E-state index in [1.165, 1.54) is 16.4 Å². The molecular formula is C26H32N4O. The van der Waals surface area contributed by atoms with Crippen LogP contribution >= 0.6 is 0 Å². The first-order valence-corrected chi connectivity index (χ1v) is 10.9. The van der Waals surface area contributed by atoms with Crippen molar-refractivity contribution in [2.24, 2.45) is 4.99 Å². The average Bonchev–Trinajstić information content (AvgIpc) is 3.35. The minimum Gasteiger partial charge on any atom is -0.489 e. The summed E-state index contributed by atoms with van der Waals surface area (Å²) in [6.07, 6.45) is 3.16. The van der Waals surface area contributed by atoms with Gasteiger partial charge in [-0.2, -0.15) is 0 Å². The maximum atomic E-state index is 6.17. The van der Waals surface area contributed by atoms with Crippen molar-refractivity contribution in [3.05, 3.63) is 74.6 Å². The van der Waals surface area contributed by atoms with Crippen molar-refractivity contribution >= 4 is 17.3 Å². The van der Waals surface area contributed by atoms with Gasteiger partial charge in [-0.25, -0.2) is 4.99 Å². The maximum absolute atomic E-state index is 6.17. The van der Waals surface area contributed by atoms with Crippen LogP contribution in [0.3, 0.4) is 0 Å². The SMILES string of the molecule is Cc1cc(C)c(/C=c2\[nH]/c(=C3\N=c4ccccc4=C3CCN(C)C)cc2OC(C)C)[nH]1. The Morgan fingerprint density at radius 2 is 1.87 bits per heavy atom. The zero-order valence-electron chi connectivity index (χ0n) is 19.3. The molecule has 162 valence electrons. The molecule has 5 heteroatoms. The van der Waals surface area contributed by atoms with Crippen LogP contribution in [-0.4, -0.2) is 41.6 Å². The fraction of sp³-hybridized carbons (Fsp3) is 0.346. The predicted octanol–water partition coefficient (Wildman–Crippen LogP) is 2.12. The third-order valence-corrected chi connectivity index (χ3v) is 5.46. The highest BCUT2D eigenvalue weighted by Gasteiger charge is 2.16. The number of aromatic amines is 2. The topological polar surface area (TPSA) is 56.4 Å². The molecule has 5 nitrogen and oxygen atoms in total. The predicted molar refractivity (Wildman–Crippen MR) is 127 cm³/mol. The lowest BCUT2D eigenvalue weighted by molar-refractivity contribution is 0.240. The largest absolute Gasteiger partial charge is 0.489 e. The van der Waals surface area contributed by atoms with Crippen LogP contribution in [0.15, 0.2) is 41.4 Å². The summed E-state index contributed by atoms with van der Waals surface area (Å²) in [6, 6.07) is 12.6. The zero-order chi connectivity index (χ0) is 22.1. The molecule has 0 atom stereocenters. The van der Waals surface area contributed by atoms with E-state index < -0.39 is 0 Å². The standard InChI is InChI=1S/C26H32N4O/c1-16(2)31-25-15-24(28-23(25)14-22-17(3)13-18(4)27-22)26-20(11-12-30(5)6)19-9-7-8-10-21(19)29-26/h7-10,13-16,27-28H,11-12H2,1-6H3/b23-14-,26-24-. The Labute approximate surface area is 183 Å². The Bertz CT molecular complexity index is 1340. The Hall–Kier alpha value is -3.05. The highest BCUT2D eigenvalue weighted by atomic mass is 16.5. The Balaban J connectivity index is 1.93. The number of benzene rings is 1. The maximum Gasteiger partial charge on any atom is 0.145 e. The first-order chi connectivity index (χ1) is 14.8. The van der Waals surface area contributed by atoms with Gasteiger partial charge in [-0.3, -0.25) is 0 Å². The van der Waals surface area contributed by atoms with Crippen LogP contribution in [0.2, 0.25) is 0 Å². The van der Waals surface area contributed by atoms with Crippen LogP contribution in [0.4, 0.5) is 0 Å². The second-order valence-electron chi connectivity index (χ2n) is 8.83. The van der Waals surface area contributed by atoms with E-state index in [1.54, 1.807) is 0 Å². The Morgan fingerprint density at radius 1 is 1.10 bits per heavy atom. The average molecular weight is 417 g/mol. The van der Waals surface area contributed by atoms with E-state index in [4.69, 9.17) is 9.73 Å². The molecule has 0 saturated heterocycles. The van der Waals surface area contributed by atoms with Gasteiger partial charge >= 0.3 is 0 Å². The first-order valence-electron chi connectivity index (χ1n) is 10.9. The van der Waals surface area contributed by atoms with Gasteiger partial charge in [-0.15, -0.1) is 0 Å². The van der Waals surface area contributed by atoms with Gasteiger partial charge in [0.2, 0.25) is 0 Å². The summed E-state index contributed by atoms with van der Waals surface area (Å²) >= 11 is 0. The van der Waals surface area contributed by atoms with Gasteiger partial charge in [0.1, 0.15) is 5.75 Å². The van der Waals surface area contributed by atoms with E-state index in [2.05, 4.69) is 93.1 Å². The molecule has 0 amide bonds. The number of aryl methyl sites for hydroxylation is 2. The molecule has 1 aliphatic rings. The van der Waals surface area contributed by atoms with Gasteiger partial charge < -0.3 is 19.6 Å². The second kappa shape index (κ2) is 8.60. The molecule has 0 aliphatic carbocycles. The molecule has 0 spiro atoms. The molecule has 2 aromatic heterocycles. The lowest BCUT2D eigenvalue weighted by Crippen LogP contribution is -2.23. The van der Waals surface area contributed by atoms with Crippen LogP contribution in [0.25, 0.3) is 17.3 Å². The summed E-state index contributed by atoms with van der Waals surface area (Å²) in [7, 11) is 4.21. The van der Waals surface area contributed by atoms with Crippen molar-refractivity contribution in [3.8, 4) is 5.75 Å². The molecule has 1 aliphatic heterocycles. The number of fused-ring (bicyclic) bond motifs is 1. The second-order valence-corrected chi connectivity index (χ2v) is 8.83. The zero-order valence-corrected chi connectivity index (χ0v) is 19.3. The monoisotopic (exact) mass is 416 g/mol. The van der Waals surface area contributed by atoms with Crippen molar-refractivity contribution < 1.29 is 4.74 Å². The minimum atomic E-state index is 0.0854. The third kappa shape index (κ3) is 4.52. The van der Waals surface area contributed by atoms with Crippen LogP contribution in [0, 0.1) is 13.8 Å². The lowest BCUT2D eigenvalue weighted by Gasteiger charge is -2.10. The molecular weight excluding hydrogens is 384 g/mol. The molecule has 0 fully saturated rings. The minimum absolute atomic E-state index is 0.0854. The van der Waals surface area contributed by atoms with Crippen LogP contribution in [-0.2, 0) is 0 Å². The fourth-order valence-corrected chi connectivity index (χ4v) is 4.03. The summed E-state index contributed by atoms with van der Waals surface area (Å²) in [5.74, 6) is 0.849. The summed E-state index contributed by atoms with van der Waals surface area (Å²) in [6.45, 7) is 9.27. The first kappa shape index (κ1) is 21.2. The summed E-state index contributed by atoms with van der Waals surface area (Å²) in [4.78, 5) is 14.2. The van der Waals surface area contributed by atoms with Crippen molar-refractivity contribution in [2.45, 2.75) is 40.2 Å². The molecule has 0 bridgehead atoms. The number of hydrogen-bond acceptors (Lipinski definition) is 3. The number of hydrogen-bond donors (Lipinski definition) is 2. The van der Waals surface area contributed by atoms with Crippen molar-refractivity contribution in [3.63, 3.8) is 0 Å². The lowest BCUT2D eigenvalue weighted by atomic mass is 10.1. The normalized spacial score (nSPS) is 15.7. The molecule has 0 saturated carbocycles. The van der Waals surface area contributed by atoms with Crippen LogP contribution in [0.5, 0.6) is 5.75 Å². The fourth-order valence-electron chi connectivity index (χ4n) is 4.03. The highest BCUT2D eigenvalue weighted by molar-refractivity contribution is 5.89. The molecule has 2 N–H and O–H groups in total. The van der Waals surface area contributed by atoms with Crippen LogP contribution in [0.1, 0.15) is 37.2 Å². The van der Waals surface area contributed by atoms with Gasteiger partial charge in [-0.05, 0) is 77.6 Å². The molecule has 3 heterocycles. The quantitative estimate of drug-likeness (QED) is 0.647. The van der Waals surface area contributed by atoms with Gasteiger partial charge in [0.15, 0.2) is 0 Å². The van der Waals surface area contributed by atoms with Crippen LogP contribution < -0.4 is 26.0 Å². The van der Waals surface area contributed by atoms with Crippen molar-refractivity contribution in [1.29, 1.82) is 0 Å². The number of H-pyrrole nitrogens is 2. The van der Waals surface area contributed by atoms with E-state index >= 15 is 0 Å². The van der Waals surface area contributed by atoms with Crippen molar-refractivity contribution in [1.82, 2.24) is 14.9 Å². The molecule has 31 heavy (non-hydrogen) atoms. The number of nitrogens with one attached hydrogen (secondary N) is 2. The van der Waals surface area contributed by atoms with Crippen molar-refractivity contribution in [2.75, 3.05) is 20.6 Å². The third-order valence-electron chi connectivity index (χ3n) is 5.46. The smallest absolute Gasteiger partial charge is 0.145 e. The number of rotatable bonds is 6. The number of nitrogens with zero attached hydrogens (tertiary/aromatic N) is 2. The molecule has 0 unspecified atom stereocenters. The van der Waals surface area contributed by atoms with E-state index in [0.717, 1.165) is 51.9 Å². The summed E-state index contributed by atoms with van der Waals surface area (Å²) in [5.41, 5.74) is 5.74. The van der Waals surface area contributed by atoms with E-state index in [9.17, 15) is 0 Å². The van der Waals surface area contributed by atoms with E-state index in [0.29, 0.717) is 0 Å². The van der Waals surface area contributed by atoms with E-state index in [-0.39, 0.29) is 6.10 Å². The summed E-state index contributed by atoms with van der Waals surface area (Å²) in [5, 5.41) is 4.21. The van der Waals surface area contributed by atoms with Gasteiger partial charge in [0.25, 0.3) is 0 Å². The molecule has 4 rings (SSSR count). The highest BCUT2D eigenvalue weighted by Crippen LogP contribution is 2.19. The number of ether oxygens (including phenoxy) is 1. The Kier molecular flexibility index (Phi) is 5.88. The number of aromatic nitrogens is 2. The molecule has 0 radical (unpaired) electrons. The molecule has 1 aromatic carbocycles. The summed E-state index contributed by atoms with van der Waals surface area (Å²) < 4.78 is 6.17.